The van der Waals surface area contributed by atoms with E-state index < -0.39 is 0 Å². The van der Waals surface area contributed by atoms with Crippen LogP contribution in [0, 0.1) is 5.92 Å². The van der Waals surface area contributed by atoms with Crippen molar-refractivity contribution >= 4 is 28.6 Å². The highest BCUT2D eigenvalue weighted by Crippen LogP contribution is 2.35. The summed E-state index contributed by atoms with van der Waals surface area (Å²) in [4.78, 5) is 21.5. The second-order valence-corrected chi connectivity index (χ2v) is 9.45. The molecule has 0 unspecified atom stereocenters. The fraction of sp³-hybridized carbons (Fsp3) is 0.200. The number of pyridine rings is 2. The summed E-state index contributed by atoms with van der Waals surface area (Å²) >= 11 is 0. The van der Waals surface area contributed by atoms with Crippen molar-refractivity contribution in [2.24, 2.45) is 10.9 Å². The van der Waals surface area contributed by atoms with E-state index >= 15 is 0 Å². The Hall–Kier alpha value is -4.52. The molecule has 3 N–H and O–H groups in total. The molecule has 1 fully saturated rings. The highest BCUT2D eigenvalue weighted by atomic mass is 15.0. The first-order valence-corrected chi connectivity index (χ1v) is 12.6. The molecule has 2 aliphatic rings. The lowest BCUT2D eigenvalue weighted by Crippen LogP contribution is -2.14. The molecule has 4 aromatic rings. The van der Waals surface area contributed by atoms with E-state index in [0.717, 1.165) is 56.2 Å². The van der Waals surface area contributed by atoms with E-state index in [0.29, 0.717) is 24.5 Å². The van der Waals surface area contributed by atoms with Crippen LogP contribution in [0.25, 0.3) is 27.9 Å². The van der Waals surface area contributed by atoms with Gasteiger partial charge in [0.15, 0.2) is 5.65 Å². The molecule has 1 aliphatic carbocycles. The zero-order valence-corrected chi connectivity index (χ0v) is 20.8. The predicted octanol–water partition coefficient (Wildman–Crippen LogP) is 5.52. The Balaban J connectivity index is 1.31. The number of nitrogens with zero attached hydrogens (tertiary/aromatic N) is 4. The number of hydrogen-bond donors (Lipinski definition) is 3. The van der Waals surface area contributed by atoms with Gasteiger partial charge in [-0.2, -0.15) is 0 Å². The van der Waals surface area contributed by atoms with Gasteiger partial charge < -0.3 is 15.6 Å². The van der Waals surface area contributed by atoms with Gasteiger partial charge >= 0.3 is 0 Å². The van der Waals surface area contributed by atoms with Gasteiger partial charge in [0, 0.05) is 55.2 Å². The van der Waals surface area contributed by atoms with Gasteiger partial charge in [0.2, 0.25) is 0 Å². The predicted molar refractivity (Wildman–Crippen MR) is 150 cm³/mol. The van der Waals surface area contributed by atoms with E-state index in [4.69, 9.17) is 4.98 Å². The Labute approximate surface area is 216 Å². The Kier molecular flexibility index (Phi) is 6.10. The number of hydrogen-bond acceptors (Lipinski definition) is 6. The summed E-state index contributed by atoms with van der Waals surface area (Å²) in [6.45, 7) is 4.85. The third kappa shape index (κ3) is 4.93. The summed E-state index contributed by atoms with van der Waals surface area (Å²) in [5.74, 6) is 1.46. The van der Waals surface area contributed by atoms with Gasteiger partial charge in [0.1, 0.15) is 5.82 Å². The number of aromatic amines is 1. The summed E-state index contributed by atoms with van der Waals surface area (Å²) in [5, 5.41) is 6.81. The van der Waals surface area contributed by atoms with Crippen LogP contribution in [0.4, 0.5) is 5.69 Å². The van der Waals surface area contributed by atoms with Crippen LogP contribution < -0.4 is 10.6 Å². The fourth-order valence-corrected chi connectivity index (χ4v) is 4.71. The zero-order valence-electron chi connectivity index (χ0n) is 20.8. The molecule has 7 nitrogen and oxygen atoms in total. The quantitative estimate of drug-likeness (QED) is 0.305. The molecule has 7 heteroatoms. The summed E-state index contributed by atoms with van der Waals surface area (Å²) in [6.07, 6.45) is 14.7. The maximum Gasteiger partial charge on any atom is 0.178 e. The number of aliphatic imine (C=N–C) groups is 1. The maximum atomic E-state index is 4.82. The molecular weight excluding hydrogens is 458 g/mol. The summed E-state index contributed by atoms with van der Waals surface area (Å²) < 4.78 is 0. The van der Waals surface area contributed by atoms with E-state index in [1.807, 2.05) is 31.5 Å². The average Bonchev–Trinajstić information content (AvgIpc) is 3.73. The topological polar surface area (TPSA) is 90.9 Å². The lowest BCUT2D eigenvalue weighted by Gasteiger charge is -2.13. The molecule has 0 saturated heterocycles. The molecular formula is C30H29N7. The number of H-pyrrole nitrogens is 1. The van der Waals surface area contributed by atoms with E-state index in [1.54, 1.807) is 18.6 Å². The zero-order chi connectivity index (χ0) is 25.2. The molecule has 1 saturated carbocycles. The number of anilines is 1. The highest BCUT2D eigenvalue weighted by Gasteiger charge is 2.25. The third-order valence-corrected chi connectivity index (χ3v) is 6.83. The van der Waals surface area contributed by atoms with Crippen molar-refractivity contribution in [2.45, 2.75) is 19.3 Å². The molecule has 0 radical (unpaired) electrons. The molecule has 184 valence electrons. The van der Waals surface area contributed by atoms with Crippen molar-refractivity contribution in [2.75, 3.05) is 18.9 Å². The first kappa shape index (κ1) is 22.9. The minimum Gasteiger partial charge on any atom is -0.388 e. The maximum absolute atomic E-state index is 4.82. The van der Waals surface area contributed by atoms with Crippen LogP contribution in [0.1, 0.15) is 29.8 Å². The van der Waals surface area contributed by atoms with Gasteiger partial charge in [0.05, 0.1) is 17.8 Å². The number of fused-ring (bicyclic) bond motifs is 1. The first-order chi connectivity index (χ1) is 18.2. The van der Waals surface area contributed by atoms with Crippen LogP contribution in [0.3, 0.4) is 0 Å². The number of nitrogens with one attached hydrogen (secondary N) is 3. The van der Waals surface area contributed by atoms with Crippen molar-refractivity contribution in [1.29, 1.82) is 0 Å². The monoisotopic (exact) mass is 487 g/mol. The van der Waals surface area contributed by atoms with E-state index in [1.165, 1.54) is 12.8 Å². The van der Waals surface area contributed by atoms with Crippen molar-refractivity contribution in [3.63, 3.8) is 0 Å². The van der Waals surface area contributed by atoms with Crippen LogP contribution in [-0.4, -0.2) is 39.7 Å². The summed E-state index contributed by atoms with van der Waals surface area (Å²) in [6, 6.07) is 12.5. The van der Waals surface area contributed by atoms with Gasteiger partial charge in [-0.1, -0.05) is 18.7 Å². The van der Waals surface area contributed by atoms with Crippen molar-refractivity contribution in [3.05, 3.63) is 102 Å². The normalized spacial score (nSPS) is 15.2. The molecule has 0 amide bonds. The van der Waals surface area contributed by atoms with Crippen LogP contribution in [-0.2, 0) is 6.42 Å². The van der Waals surface area contributed by atoms with Gasteiger partial charge in [-0.3, -0.25) is 9.98 Å². The Bertz CT molecular complexity index is 1560. The van der Waals surface area contributed by atoms with Crippen LogP contribution in [0.15, 0.2) is 90.1 Å². The molecule has 0 atom stereocenters. The van der Waals surface area contributed by atoms with E-state index in [9.17, 15) is 0 Å². The highest BCUT2D eigenvalue weighted by molar-refractivity contribution is 5.90. The minimum atomic E-state index is 0.587. The number of benzene rings is 1. The molecule has 4 heterocycles. The van der Waals surface area contributed by atoms with Gasteiger partial charge in [-0.05, 0) is 77.4 Å². The summed E-state index contributed by atoms with van der Waals surface area (Å²) in [7, 11) is 1.95. The van der Waals surface area contributed by atoms with Crippen LogP contribution >= 0.6 is 0 Å². The first-order valence-electron chi connectivity index (χ1n) is 12.6. The van der Waals surface area contributed by atoms with E-state index in [2.05, 4.69) is 67.5 Å². The molecule has 0 bridgehead atoms. The third-order valence-electron chi connectivity index (χ3n) is 6.83. The number of allylic oxidation sites excluding steroid dienone is 4. The van der Waals surface area contributed by atoms with Crippen molar-refractivity contribution in [3.8, 4) is 11.1 Å². The van der Waals surface area contributed by atoms with Gasteiger partial charge in [-0.25, -0.2) is 9.97 Å². The second kappa shape index (κ2) is 9.85. The fourth-order valence-electron chi connectivity index (χ4n) is 4.71. The Morgan fingerprint density at radius 3 is 2.76 bits per heavy atom. The molecule has 37 heavy (non-hydrogen) atoms. The number of aromatic nitrogens is 4. The smallest absolute Gasteiger partial charge is 0.178 e. The largest absolute Gasteiger partial charge is 0.388 e. The molecule has 6 rings (SSSR count). The number of imidazole rings is 1. The SMILES string of the molecule is C=C(NC1=CC(c2ccc(NC)c(Cc3nc4nccc(-c5ccncc5)c4[nH]3)c2)=CCN=C1)C1CC1. The number of rotatable bonds is 8. The molecule has 1 aliphatic heterocycles. The lowest BCUT2D eigenvalue weighted by molar-refractivity contribution is 0.874. The van der Waals surface area contributed by atoms with Gasteiger partial charge in [-0.15, -0.1) is 0 Å². The molecule has 1 aromatic carbocycles. The minimum absolute atomic E-state index is 0.587. The van der Waals surface area contributed by atoms with Crippen LogP contribution in [0.5, 0.6) is 0 Å². The van der Waals surface area contributed by atoms with E-state index in [-0.39, 0.29) is 0 Å². The average molecular weight is 488 g/mol. The second-order valence-electron chi connectivity index (χ2n) is 9.45. The Morgan fingerprint density at radius 2 is 1.95 bits per heavy atom. The van der Waals surface area contributed by atoms with Crippen molar-refractivity contribution < 1.29 is 0 Å². The molecule has 3 aromatic heterocycles. The summed E-state index contributed by atoms with van der Waals surface area (Å²) in [5.41, 5.74) is 10.4. The van der Waals surface area contributed by atoms with Crippen molar-refractivity contribution in [1.82, 2.24) is 25.3 Å². The lowest BCUT2D eigenvalue weighted by atomic mass is 9.99. The molecule has 0 spiro atoms. The Morgan fingerprint density at radius 1 is 1.08 bits per heavy atom. The van der Waals surface area contributed by atoms with Gasteiger partial charge in [0.25, 0.3) is 0 Å². The standard InChI is InChI=1S/C30H29N7/c1-19(20-3-4-20)35-25-16-23(9-13-33-18-25)22-5-6-27(31-2)24(15-22)17-28-36-29-26(10-14-34-30(29)37-28)21-7-11-32-12-8-21/h5-12,14-16,18,20,31,35H,1,3-4,13,17H2,2H3,(H,34,36,37). The van der Waals surface area contributed by atoms with Crippen LogP contribution in [0.2, 0.25) is 0 Å².